The largest absolute Gasteiger partial charge is 0.463 e. The van der Waals surface area contributed by atoms with E-state index in [0.29, 0.717) is 6.61 Å². The first kappa shape index (κ1) is 22.8. The molecule has 0 saturated heterocycles. The lowest BCUT2D eigenvalue weighted by Crippen LogP contribution is -2.21. The second-order valence-electron chi connectivity index (χ2n) is 4.02. The zero-order valence-electron chi connectivity index (χ0n) is 14.1. The number of hydrogen-bond acceptors (Lipinski definition) is 5. The second kappa shape index (κ2) is 19.5. The normalized spacial score (nSPS) is 10.5. The molecule has 0 rings (SSSR count). The molecule has 0 radical (unpaired) electrons. The van der Waals surface area contributed by atoms with Crippen LogP contribution in [0.2, 0.25) is 12.1 Å². The number of esters is 1. The van der Waals surface area contributed by atoms with E-state index in [0.717, 1.165) is 38.3 Å². The smallest absolute Gasteiger partial charge is 0.330 e. The van der Waals surface area contributed by atoms with Crippen LogP contribution in [0.1, 0.15) is 34.1 Å². The maximum Gasteiger partial charge on any atom is 0.330 e. The molecule has 0 aromatic heterocycles. The summed E-state index contributed by atoms with van der Waals surface area (Å²) in [4.78, 5) is 10.5. The molecule has 0 heterocycles. The van der Waals surface area contributed by atoms with E-state index in [1.165, 1.54) is 6.08 Å². The molecule has 0 aliphatic rings. The van der Waals surface area contributed by atoms with Gasteiger partial charge in [0.25, 0.3) is 0 Å². The van der Waals surface area contributed by atoms with Gasteiger partial charge in [-0.05, 0) is 39.3 Å². The van der Waals surface area contributed by atoms with Crippen molar-refractivity contribution in [2.24, 2.45) is 0 Å². The zero-order valence-corrected chi connectivity index (χ0v) is 16.6. The van der Waals surface area contributed by atoms with Gasteiger partial charge in [-0.25, -0.2) is 4.79 Å². The molecule has 0 bridgehead atoms. The minimum atomic E-state index is -1.21. The molecule has 0 aliphatic carbocycles. The lowest BCUT2D eigenvalue weighted by atomic mass is 10.5. The number of hydrogen-bond donors (Lipinski definition) is 0. The SMILES string of the molecule is C=CC(=O)OCCC[SiH2]OCC.CCO[SiH](CC)OCC. The van der Waals surface area contributed by atoms with Gasteiger partial charge in [0.2, 0.25) is 0 Å². The van der Waals surface area contributed by atoms with Gasteiger partial charge < -0.3 is 18.0 Å². The summed E-state index contributed by atoms with van der Waals surface area (Å²) in [6, 6.07) is 2.14. The third-order valence-electron chi connectivity index (χ3n) is 2.34. The van der Waals surface area contributed by atoms with Crippen molar-refractivity contribution in [2.45, 2.75) is 46.2 Å². The molecule has 0 fully saturated rings. The highest BCUT2D eigenvalue weighted by Crippen LogP contribution is 1.94. The van der Waals surface area contributed by atoms with Crippen LogP contribution in [0.15, 0.2) is 12.7 Å². The second-order valence-corrected chi connectivity index (χ2v) is 7.89. The molecule has 126 valence electrons. The Morgan fingerprint density at radius 3 is 2.19 bits per heavy atom. The molecule has 7 heteroatoms. The van der Waals surface area contributed by atoms with Gasteiger partial charge in [0, 0.05) is 25.9 Å². The van der Waals surface area contributed by atoms with Crippen LogP contribution in [0.4, 0.5) is 0 Å². The van der Waals surface area contributed by atoms with Crippen LogP contribution >= 0.6 is 0 Å². The van der Waals surface area contributed by atoms with Gasteiger partial charge in [-0.15, -0.1) is 0 Å². The van der Waals surface area contributed by atoms with Crippen molar-refractivity contribution in [3.05, 3.63) is 12.7 Å². The molecule has 0 amide bonds. The number of carbonyl (C=O) groups excluding carboxylic acids is 1. The molecule has 0 N–H and O–H groups in total. The summed E-state index contributed by atoms with van der Waals surface area (Å²) in [5, 5.41) is 0. The Balaban J connectivity index is 0. The van der Waals surface area contributed by atoms with Crippen molar-refractivity contribution in [1.82, 2.24) is 0 Å². The Labute approximate surface area is 133 Å². The molecule has 0 aliphatic heterocycles. The molecule has 0 aromatic carbocycles. The minimum absolute atomic E-state index is 0.340. The summed E-state index contributed by atoms with van der Waals surface area (Å²) in [6.07, 6.45) is 2.09. The van der Waals surface area contributed by atoms with Crippen LogP contribution in [0.25, 0.3) is 0 Å². The fraction of sp³-hybridized carbons (Fsp3) is 0.786. The van der Waals surface area contributed by atoms with E-state index in [1.54, 1.807) is 0 Å². The average Bonchev–Trinajstić information content (AvgIpc) is 2.50. The van der Waals surface area contributed by atoms with Gasteiger partial charge in [0.15, 0.2) is 9.76 Å². The number of ether oxygens (including phenoxy) is 1. The van der Waals surface area contributed by atoms with E-state index in [2.05, 4.69) is 13.5 Å². The minimum Gasteiger partial charge on any atom is -0.463 e. The summed E-state index contributed by atoms with van der Waals surface area (Å²) in [5.74, 6) is -0.340. The van der Waals surface area contributed by atoms with E-state index in [4.69, 9.17) is 18.0 Å². The van der Waals surface area contributed by atoms with Crippen LogP contribution in [-0.2, 0) is 22.8 Å². The standard InChI is InChI=1S/C8H16O3Si.C6H16O2Si/c1-3-8(9)10-6-5-7-12-11-4-2;1-4-7-9(6-3)8-5-2/h3H,1,4-7,12H2,2H3;9H,4-6H2,1-3H3. The van der Waals surface area contributed by atoms with Crippen molar-refractivity contribution in [3.63, 3.8) is 0 Å². The first-order valence-corrected chi connectivity index (χ1v) is 11.1. The number of carbonyl (C=O) groups is 1. The van der Waals surface area contributed by atoms with E-state index in [1.807, 2.05) is 20.8 Å². The molecular formula is C14H32O5Si2. The molecule has 21 heavy (non-hydrogen) atoms. The van der Waals surface area contributed by atoms with Crippen LogP contribution < -0.4 is 0 Å². The van der Waals surface area contributed by atoms with Crippen molar-refractivity contribution >= 4 is 25.0 Å². The number of rotatable bonds is 12. The first-order chi connectivity index (χ1) is 10.2. The topological polar surface area (TPSA) is 54.0 Å². The van der Waals surface area contributed by atoms with Gasteiger partial charge in [-0.2, -0.15) is 0 Å². The molecule has 0 atom stereocenters. The predicted molar refractivity (Wildman–Crippen MR) is 91.6 cm³/mol. The Morgan fingerprint density at radius 1 is 1.14 bits per heavy atom. The summed E-state index contributed by atoms with van der Waals surface area (Å²) in [5.41, 5.74) is 0. The zero-order chi connectivity index (χ0) is 16.3. The van der Waals surface area contributed by atoms with Crippen molar-refractivity contribution in [2.75, 3.05) is 26.4 Å². The quantitative estimate of drug-likeness (QED) is 0.236. The average molecular weight is 337 g/mol. The first-order valence-electron chi connectivity index (χ1n) is 7.76. The fourth-order valence-corrected chi connectivity index (χ4v) is 3.55. The van der Waals surface area contributed by atoms with Crippen LogP contribution in [0, 0.1) is 0 Å². The third kappa shape index (κ3) is 19.5. The molecule has 0 unspecified atom stereocenters. The maximum absolute atomic E-state index is 10.5. The lowest BCUT2D eigenvalue weighted by Gasteiger charge is -2.11. The van der Waals surface area contributed by atoms with Crippen molar-refractivity contribution < 1.29 is 22.8 Å². The van der Waals surface area contributed by atoms with E-state index in [9.17, 15) is 4.79 Å². The highest BCUT2D eigenvalue weighted by Gasteiger charge is 2.06. The monoisotopic (exact) mass is 336 g/mol. The molecule has 0 saturated carbocycles. The Hall–Kier alpha value is -0.476. The summed E-state index contributed by atoms with van der Waals surface area (Å²) < 4.78 is 20.7. The van der Waals surface area contributed by atoms with Crippen LogP contribution in [0.3, 0.4) is 0 Å². The highest BCUT2D eigenvalue weighted by molar-refractivity contribution is 6.44. The maximum atomic E-state index is 10.5. The Morgan fingerprint density at radius 2 is 1.76 bits per heavy atom. The summed E-state index contributed by atoms with van der Waals surface area (Å²) in [6.45, 7) is 14.3. The van der Waals surface area contributed by atoms with Crippen LogP contribution in [0.5, 0.6) is 0 Å². The fourth-order valence-electron chi connectivity index (χ4n) is 1.34. The summed E-state index contributed by atoms with van der Waals surface area (Å²) in [7, 11) is -1.57. The summed E-state index contributed by atoms with van der Waals surface area (Å²) >= 11 is 0. The van der Waals surface area contributed by atoms with E-state index >= 15 is 0 Å². The Bertz CT molecular complexity index is 233. The molecule has 5 nitrogen and oxygen atoms in total. The third-order valence-corrected chi connectivity index (χ3v) is 5.90. The van der Waals surface area contributed by atoms with Gasteiger partial charge in [0.1, 0.15) is 0 Å². The van der Waals surface area contributed by atoms with Gasteiger partial charge in [-0.1, -0.05) is 13.5 Å². The van der Waals surface area contributed by atoms with Gasteiger partial charge >= 0.3 is 15.3 Å². The predicted octanol–water partition coefficient (Wildman–Crippen LogP) is 1.94. The van der Waals surface area contributed by atoms with Crippen LogP contribution in [-0.4, -0.2) is 51.4 Å². The molecule has 0 spiro atoms. The van der Waals surface area contributed by atoms with E-state index < -0.39 is 9.28 Å². The molecular weight excluding hydrogens is 304 g/mol. The highest BCUT2D eigenvalue weighted by atomic mass is 28.3. The molecule has 0 aromatic rings. The van der Waals surface area contributed by atoms with Crippen molar-refractivity contribution in [3.8, 4) is 0 Å². The van der Waals surface area contributed by atoms with Crippen molar-refractivity contribution in [1.29, 1.82) is 0 Å². The lowest BCUT2D eigenvalue weighted by molar-refractivity contribution is -0.137. The van der Waals surface area contributed by atoms with Gasteiger partial charge in [-0.3, -0.25) is 0 Å². The Kier molecular flexibility index (Phi) is 21.2. The van der Waals surface area contributed by atoms with Gasteiger partial charge in [0.05, 0.1) is 6.61 Å². The van der Waals surface area contributed by atoms with E-state index in [-0.39, 0.29) is 15.7 Å².